The topological polar surface area (TPSA) is 97.0 Å². The fourth-order valence-corrected chi connectivity index (χ4v) is 4.03. The molecule has 9 heteroatoms. The summed E-state index contributed by atoms with van der Waals surface area (Å²) in [6, 6.07) is 0. The number of carbonyl (C=O) groups is 1. The van der Waals surface area contributed by atoms with Gasteiger partial charge in [-0.1, -0.05) is 0 Å². The van der Waals surface area contributed by atoms with Crippen LogP contribution in [0.4, 0.5) is 10.2 Å². The first-order valence-corrected chi connectivity index (χ1v) is 10.2. The van der Waals surface area contributed by atoms with Gasteiger partial charge in [0, 0.05) is 24.5 Å². The predicted octanol–water partition coefficient (Wildman–Crippen LogP) is 3.44. The Hall–Kier alpha value is -3.10. The second kappa shape index (κ2) is 7.00. The van der Waals surface area contributed by atoms with Gasteiger partial charge >= 0.3 is 0 Å². The molecule has 0 radical (unpaired) electrons. The lowest BCUT2D eigenvalue weighted by atomic mass is 9.95. The van der Waals surface area contributed by atoms with Crippen molar-refractivity contribution in [2.45, 2.75) is 51.0 Å². The lowest BCUT2D eigenvalue weighted by molar-refractivity contribution is 0.0711. The van der Waals surface area contributed by atoms with Crippen LogP contribution in [-0.2, 0) is 0 Å². The lowest BCUT2D eigenvalue weighted by Crippen LogP contribution is -2.38. The first kappa shape index (κ1) is 18.9. The summed E-state index contributed by atoms with van der Waals surface area (Å²) in [7, 11) is 0. The van der Waals surface area contributed by atoms with Crippen LogP contribution in [0.15, 0.2) is 23.1 Å². The van der Waals surface area contributed by atoms with Crippen LogP contribution in [0.1, 0.15) is 60.5 Å². The zero-order chi connectivity index (χ0) is 20.9. The summed E-state index contributed by atoms with van der Waals surface area (Å²) < 4.78 is 18.9. The number of hydrogen-bond donors (Lipinski definition) is 1. The summed E-state index contributed by atoms with van der Waals surface area (Å²) in [6.45, 7) is 5.07. The summed E-state index contributed by atoms with van der Waals surface area (Å²) >= 11 is 0. The van der Waals surface area contributed by atoms with E-state index in [1.54, 1.807) is 6.92 Å². The first-order chi connectivity index (χ1) is 14.4. The second-order valence-corrected chi connectivity index (χ2v) is 8.45. The van der Waals surface area contributed by atoms with Gasteiger partial charge in [-0.25, -0.2) is 24.3 Å². The van der Waals surface area contributed by atoms with Crippen LogP contribution in [0.2, 0.25) is 0 Å². The van der Waals surface area contributed by atoms with Crippen molar-refractivity contribution >= 4 is 22.8 Å². The highest BCUT2D eigenvalue weighted by Crippen LogP contribution is 2.40. The van der Waals surface area contributed by atoms with Gasteiger partial charge in [0.15, 0.2) is 5.82 Å². The summed E-state index contributed by atoms with van der Waals surface area (Å²) in [5.41, 5.74) is 0.960. The first-order valence-electron chi connectivity index (χ1n) is 10.2. The van der Waals surface area contributed by atoms with E-state index in [2.05, 4.69) is 32.2 Å². The van der Waals surface area contributed by atoms with E-state index in [0.29, 0.717) is 47.2 Å². The molecule has 1 saturated heterocycles. The normalized spacial score (nSPS) is 18.6. The van der Waals surface area contributed by atoms with Gasteiger partial charge in [0.05, 0.1) is 23.3 Å². The molecule has 30 heavy (non-hydrogen) atoms. The number of piperidine rings is 1. The number of aromatic nitrogens is 4. The van der Waals surface area contributed by atoms with E-state index in [0.717, 1.165) is 25.7 Å². The molecule has 1 aliphatic heterocycles. The fraction of sp³-hybridized carbons (Fsp3) is 0.476. The minimum absolute atomic E-state index is 0.0142. The molecule has 156 valence electrons. The summed E-state index contributed by atoms with van der Waals surface area (Å²) in [6.07, 6.45) is 7.43. The SMILES string of the molecule is Cc1oc2ncnc(NC3(C)CC3)c2c1C(=O)N1CCC(c2ncc(F)cn2)CC1. The highest BCUT2D eigenvalue weighted by atomic mass is 19.1. The van der Waals surface area contributed by atoms with Crippen molar-refractivity contribution < 1.29 is 13.6 Å². The molecule has 0 bridgehead atoms. The molecule has 3 aromatic heterocycles. The summed E-state index contributed by atoms with van der Waals surface area (Å²) in [5, 5.41) is 4.10. The molecular formula is C21H23FN6O2. The van der Waals surface area contributed by atoms with Gasteiger partial charge in [-0.05, 0) is 39.5 Å². The quantitative estimate of drug-likeness (QED) is 0.704. The van der Waals surface area contributed by atoms with Crippen molar-refractivity contribution in [1.82, 2.24) is 24.8 Å². The third-order valence-electron chi connectivity index (χ3n) is 6.09. The highest BCUT2D eigenvalue weighted by Gasteiger charge is 2.39. The summed E-state index contributed by atoms with van der Waals surface area (Å²) in [5.74, 6) is 1.42. The van der Waals surface area contributed by atoms with Crippen molar-refractivity contribution in [1.29, 1.82) is 0 Å². The number of anilines is 1. The second-order valence-electron chi connectivity index (χ2n) is 8.45. The maximum Gasteiger partial charge on any atom is 0.258 e. The molecule has 1 N–H and O–H groups in total. The maximum atomic E-state index is 13.4. The monoisotopic (exact) mass is 410 g/mol. The van der Waals surface area contributed by atoms with Crippen LogP contribution in [0.3, 0.4) is 0 Å². The van der Waals surface area contributed by atoms with Crippen LogP contribution in [0.5, 0.6) is 0 Å². The molecule has 0 spiro atoms. The molecule has 2 aliphatic rings. The molecule has 1 amide bonds. The van der Waals surface area contributed by atoms with E-state index in [4.69, 9.17) is 4.42 Å². The maximum absolute atomic E-state index is 13.4. The highest BCUT2D eigenvalue weighted by molar-refractivity contribution is 6.10. The Labute approximate surface area is 172 Å². The number of hydrogen-bond acceptors (Lipinski definition) is 7. The number of furan rings is 1. The molecule has 3 aromatic rings. The van der Waals surface area contributed by atoms with E-state index in [1.165, 1.54) is 18.7 Å². The number of halogens is 1. The molecular weight excluding hydrogens is 387 g/mol. The van der Waals surface area contributed by atoms with Gasteiger partial charge in [-0.3, -0.25) is 4.79 Å². The molecule has 0 atom stereocenters. The number of fused-ring (bicyclic) bond motifs is 1. The number of nitrogens with zero attached hydrogens (tertiary/aromatic N) is 5. The Morgan fingerprint density at radius 3 is 2.57 bits per heavy atom. The number of likely N-dealkylation sites (tertiary alicyclic amines) is 1. The standard InChI is InChI=1S/C21H23FN6O2/c1-12-15(16-18(27-21(2)5-6-21)25-11-26-19(16)30-12)20(29)28-7-3-13(4-8-28)17-23-9-14(22)10-24-17/h9-11,13H,3-8H2,1-2H3,(H,25,26,27). The molecule has 1 saturated carbocycles. The van der Waals surface area contributed by atoms with Crippen molar-refractivity contribution in [2.24, 2.45) is 0 Å². The van der Waals surface area contributed by atoms with E-state index in [9.17, 15) is 9.18 Å². The van der Waals surface area contributed by atoms with Gasteiger partial charge in [-0.15, -0.1) is 0 Å². The van der Waals surface area contributed by atoms with Crippen LogP contribution in [0, 0.1) is 12.7 Å². The van der Waals surface area contributed by atoms with Gasteiger partial charge in [0.1, 0.15) is 23.7 Å². The summed E-state index contributed by atoms with van der Waals surface area (Å²) in [4.78, 5) is 32.1. The van der Waals surface area contributed by atoms with Crippen molar-refractivity contribution in [3.8, 4) is 0 Å². The van der Waals surface area contributed by atoms with Crippen LogP contribution < -0.4 is 5.32 Å². The van der Waals surface area contributed by atoms with Crippen molar-refractivity contribution in [2.75, 3.05) is 18.4 Å². The van der Waals surface area contributed by atoms with E-state index in [1.807, 2.05) is 4.90 Å². The molecule has 2 fully saturated rings. The molecule has 5 rings (SSSR count). The van der Waals surface area contributed by atoms with Crippen LogP contribution >= 0.6 is 0 Å². The zero-order valence-corrected chi connectivity index (χ0v) is 17.0. The van der Waals surface area contributed by atoms with Crippen LogP contribution in [0.25, 0.3) is 11.1 Å². The van der Waals surface area contributed by atoms with Crippen LogP contribution in [-0.4, -0.2) is 49.4 Å². The Balaban J connectivity index is 1.39. The third kappa shape index (κ3) is 3.38. The van der Waals surface area contributed by atoms with E-state index in [-0.39, 0.29) is 17.4 Å². The van der Waals surface area contributed by atoms with Gasteiger partial charge in [-0.2, -0.15) is 0 Å². The number of amides is 1. The van der Waals surface area contributed by atoms with Gasteiger partial charge in [0.25, 0.3) is 5.91 Å². The number of aryl methyl sites for hydroxylation is 1. The number of carbonyl (C=O) groups excluding carboxylic acids is 1. The largest absolute Gasteiger partial charge is 0.442 e. The predicted molar refractivity (Wildman–Crippen MR) is 108 cm³/mol. The van der Waals surface area contributed by atoms with E-state index >= 15 is 0 Å². The molecule has 8 nitrogen and oxygen atoms in total. The zero-order valence-electron chi connectivity index (χ0n) is 17.0. The smallest absolute Gasteiger partial charge is 0.258 e. The van der Waals surface area contributed by atoms with Crippen molar-refractivity contribution in [3.63, 3.8) is 0 Å². The van der Waals surface area contributed by atoms with Gasteiger partial charge < -0.3 is 14.6 Å². The molecule has 1 aliphatic carbocycles. The minimum atomic E-state index is -0.444. The van der Waals surface area contributed by atoms with Crippen molar-refractivity contribution in [3.05, 3.63) is 41.7 Å². The number of nitrogens with one attached hydrogen (secondary N) is 1. The van der Waals surface area contributed by atoms with E-state index < -0.39 is 5.82 Å². The molecule has 0 unspecified atom stereocenters. The van der Waals surface area contributed by atoms with Gasteiger partial charge in [0.2, 0.25) is 5.71 Å². The average Bonchev–Trinajstić information content (AvgIpc) is 3.36. The Morgan fingerprint density at radius 1 is 1.20 bits per heavy atom. The Bertz CT molecular complexity index is 1100. The lowest BCUT2D eigenvalue weighted by Gasteiger charge is -2.31. The Kier molecular flexibility index (Phi) is 4.41. The number of rotatable bonds is 4. The average molecular weight is 410 g/mol. The Morgan fingerprint density at radius 2 is 1.90 bits per heavy atom. The molecule has 4 heterocycles. The molecule has 0 aromatic carbocycles. The third-order valence-corrected chi connectivity index (χ3v) is 6.09. The fourth-order valence-electron chi connectivity index (χ4n) is 4.03. The minimum Gasteiger partial charge on any atom is -0.442 e.